The zero-order valence-corrected chi connectivity index (χ0v) is 15.4. The van der Waals surface area contributed by atoms with Crippen LogP contribution in [0.2, 0.25) is 0 Å². The number of rotatable bonds is 9. The number of halogens is 1. The molecule has 0 aliphatic heterocycles. The summed E-state index contributed by atoms with van der Waals surface area (Å²) in [5.74, 6) is -0.168. The topological polar surface area (TPSA) is 72.0 Å². The van der Waals surface area contributed by atoms with Crippen molar-refractivity contribution in [2.24, 2.45) is 0 Å². The van der Waals surface area contributed by atoms with E-state index in [2.05, 4.69) is 15.5 Å². The largest absolute Gasteiger partial charge is 0.355 e. The molecular formula is C15H16FN3O2S3. The van der Waals surface area contributed by atoms with E-state index in [0.29, 0.717) is 26.5 Å². The first-order chi connectivity index (χ1) is 11.6. The van der Waals surface area contributed by atoms with Crippen LogP contribution in [0.3, 0.4) is 0 Å². The van der Waals surface area contributed by atoms with Crippen LogP contribution in [-0.2, 0) is 4.79 Å². The molecule has 1 aromatic carbocycles. The van der Waals surface area contributed by atoms with Crippen molar-refractivity contribution in [2.45, 2.75) is 22.0 Å². The summed E-state index contributed by atoms with van der Waals surface area (Å²) in [6.07, 6.45) is 0.898. The number of ketones is 1. The van der Waals surface area contributed by atoms with Crippen LogP contribution in [0.4, 0.5) is 4.39 Å². The summed E-state index contributed by atoms with van der Waals surface area (Å²) in [5, 5.41) is 10.8. The lowest BCUT2D eigenvalue weighted by atomic mass is 10.1. The highest BCUT2D eigenvalue weighted by Crippen LogP contribution is 2.29. The molecule has 1 heterocycles. The molecule has 2 rings (SSSR count). The van der Waals surface area contributed by atoms with E-state index in [4.69, 9.17) is 0 Å². The van der Waals surface area contributed by atoms with Crippen molar-refractivity contribution in [3.63, 3.8) is 0 Å². The minimum absolute atomic E-state index is 0.0347. The second-order valence-corrected chi connectivity index (χ2v) is 8.12. The van der Waals surface area contributed by atoms with Gasteiger partial charge in [0.25, 0.3) is 0 Å². The number of Topliss-reactive ketones (excluding diaryl/α,β-unsaturated/α-hetero) is 1. The van der Waals surface area contributed by atoms with Gasteiger partial charge >= 0.3 is 0 Å². The molecule has 24 heavy (non-hydrogen) atoms. The summed E-state index contributed by atoms with van der Waals surface area (Å²) in [5.41, 5.74) is 0.342. The van der Waals surface area contributed by atoms with Crippen molar-refractivity contribution in [1.29, 1.82) is 0 Å². The van der Waals surface area contributed by atoms with Gasteiger partial charge in [-0.3, -0.25) is 9.59 Å². The van der Waals surface area contributed by atoms with Gasteiger partial charge in [0.1, 0.15) is 5.82 Å². The molecule has 0 bridgehead atoms. The third-order valence-electron chi connectivity index (χ3n) is 2.76. The normalized spacial score (nSPS) is 10.6. The number of carbonyl (C=O) groups is 2. The summed E-state index contributed by atoms with van der Waals surface area (Å²) >= 11 is 3.91. The molecule has 9 heteroatoms. The van der Waals surface area contributed by atoms with Crippen LogP contribution >= 0.6 is 34.9 Å². The van der Waals surface area contributed by atoms with E-state index in [1.165, 1.54) is 53.1 Å². The lowest BCUT2D eigenvalue weighted by Gasteiger charge is -2.00. The maximum Gasteiger partial charge on any atom is 0.230 e. The second-order valence-electron chi connectivity index (χ2n) is 4.69. The molecule has 0 spiro atoms. The van der Waals surface area contributed by atoms with E-state index < -0.39 is 5.82 Å². The van der Waals surface area contributed by atoms with Gasteiger partial charge in [-0.15, -0.1) is 10.2 Å². The minimum atomic E-state index is -0.429. The third-order valence-corrected chi connectivity index (χ3v) is 5.95. The summed E-state index contributed by atoms with van der Waals surface area (Å²) in [7, 11) is 0. The standard InChI is InChI=1S/C15H16FN3O2S3/c1-2-6-17-13(21)9-23-15-19-18-14(24-15)22-8-12(20)10-4-3-5-11(16)7-10/h3-5,7H,2,6,8-9H2,1H3,(H,17,21). The summed E-state index contributed by atoms with van der Waals surface area (Å²) < 4.78 is 14.4. The highest BCUT2D eigenvalue weighted by Gasteiger charge is 2.12. The van der Waals surface area contributed by atoms with Gasteiger partial charge in [0.05, 0.1) is 11.5 Å². The SMILES string of the molecule is CCCNC(=O)CSc1nnc(SCC(=O)c2cccc(F)c2)s1. The van der Waals surface area contributed by atoms with Gasteiger partial charge in [-0.05, 0) is 18.6 Å². The lowest BCUT2D eigenvalue weighted by molar-refractivity contribution is -0.118. The number of hydrogen-bond acceptors (Lipinski definition) is 7. The van der Waals surface area contributed by atoms with Crippen LogP contribution in [0.15, 0.2) is 32.9 Å². The predicted octanol–water partition coefficient (Wildman–Crippen LogP) is 3.27. The molecule has 0 fully saturated rings. The minimum Gasteiger partial charge on any atom is -0.355 e. The number of nitrogens with zero attached hydrogens (tertiary/aromatic N) is 2. The lowest BCUT2D eigenvalue weighted by Crippen LogP contribution is -2.25. The smallest absolute Gasteiger partial charge is 0.230 e. The van der Waals surface area contributed by atoms with Gasteiger partial charge in [0, 0.05) is 12.1 Å². The van der Waals surface area contributed by atoms with Crippen molar-refractivity contribution in [1.82, 2.24) is 15.5 Å². The second kappa shape index (κ2) is 9.75. The Hall–Kier alpha value is -1.45. The fourth-order valence-electron chi connectivity index (χ4n) is 1.63. The molecule has 128 valence electrons. The summed E-state index contributed by atoms with van der Waals surface area (Å²) in [4.78, 5) is 23.5. The zero-order valence-electron chi connectivity index (χ0n) is 13.0. The number of amides is 1. The monoisotopic (exact) mass is 385 g/mol. The Morgan fingerprint density at radius 2 is 1.92 bits per heavy atom. The van der Waals surface area contributed by atoms with Crippen LogP contribution < -0.4 is 5.32 Å². The number of thioether (sulfide) groups is 2. The van der Waals surface area contributed by atoms with Crippen molar-refractivity contribution in [3.8, 4) is 0 Å². The fraction of sp³-hybridized carbons (Fsp3) is 0.333. The first kappa shape index (κ1) is 18.9. The molecule has 0 aliphatic rings. The molecule has 0 saturated heterocycles. The molecule has 1 N–H and O–H groups in total. The van der Waals surface area contributed by atoms with Crippen molar-refractivity contribution < 1.29 is 14.0 Å². The molecule has 1 amide bonds. The van der Waals surface area contributed by atoms with E-state index >= 15 is 0 Å². The van der Waals surface area contributed by atoms with Gasteiger partial charge in [-0.2, -0.15) is 0 Å². The van der Waals surface area contributed by atoms with E-state index in [1.54, 1.807) is 6.07 Å². The zero-order chi connectivity index (χ0) is 17.4. The number of carbonyl (C=O) groups excluding carboxylic acids is 2. The summed E-state index contributed by atoms with van der Waals surface area (Å²) in [6.45, 7) is 2.66. The van der Waals surface area contributed by atoms with Gasteiger partial charge in [0.15, 0.2) is 14.5 Å². The Balaban J connectivity index is 1.79. The van der Waals surface area contributed by atoms with Crippen molar-refractivity contribution >= 4 is 46.6 Å². The highest BCUT2D eigenvalue weighted by molar-refractivity contribution is 8.03. The Kier molecular flexibility index (Phi) is 7.67. The Bertz CT molecular complexity index is 709. The van der Waals surface area contributed by atoms with Crippen LogP contribution in [0.5, 0.6) is 0 Å². The molecule has 5 nitrogen and oxygen atoms in total. The molecule has 0 saturated carbocycles. The van der Waals surface area contributed by atoms with Crippen LogP contribution in [0.25, 0.3) is 0 Å². The Labute approximate surface area is 151 Å². The maximum absolute atomic E-state index is 13.1. The average molecular weight is 386 g/mol. The Morgan fingerprint density at radius 1 is 1.21 bits per heavy atom. The fourth-order valence-corrected chi connectivity index (χ4v) is 4.37. The maximum atomic E-state index is 13.1. The number of hydrogen-bond donors (Lipinski definition) is 1. The molecule has 0 atom stereocenters. The molecule has 0 unspecified atom stereocenters. The van der Waals surface area contributed by atoms with Crippen LogP contribution in [0, 0.1) is 5.82 Å². The first-order valence-corrected chi connectivity index (χ1v) is 10.0. The predicted molar refractivity (Wildman–Crippen MR) is 95.4 cm³/mol. The third kappa shape index (κ3) is 6.21. The molecule has 2 aromatic rings. The highest BCUT2D eigenvalue weighted by atomic mass is 32.2. The molecule has 1 aromatic heterocycles. The first-order valence-electron chi connectivity index (χ1n) is 7.23. The number of aromatic nitrogens is 2. The van der Waals surface area contributed by atoms with Crippen LogP contribution in [0.1, 0.15) is 23.7 Å². The van der Waals surface area contributed by atoms with Gasteiger partial charge in [0.2, 0.25) is 5.91 Å². The van der Waals surface area contributed by atoms with E-state index in [1.807, 2.05) is 6.92 Å². The van der Waals surface area contributed by atoms with Crippen molar-refractivity contribution in [3.05, 3.63) is 35.6 Å². The number of benzene rings is 1. The molecular weight excluding hydrogens is 369 g/mol. The van der Waals surface area contributed by atoms with Gasteiger partial charge in [-0.25, -0.2) is 4.39 Å². The van der Waals surface area contributed by atoms with E-state index in [-0.39, 0.29) is 17.4 Å². The van der Waals surface area contributed by atoms with E-state index in [0.717, 1.165) is 6.42 Å². The summed E-state index contributed by atoms with van der Waals surface area (Å²) in [6, 6.07) is 5.62. The quantitative estimate of drug-likeness (QED) is 0.528. The van der Waals surface area contributed by atoms with Crippen LogP contribution in [-0.4, -0.2) is 39.9 Å². The number of nitrogens with one attached hydrogen (secondary N) is 1. The van der Waals surface area contributed by atoms with Crippen molar-refractivity contribution in [2.75, 3.05) is 18.1 Å². The van der Waals surface area contributed by atoms with E-state index in [9.17, 15) is 14.0 Å². The molecule has 0 aliphatic carbocycles. The van der Waals surface area contributed by atoms with Gasteiger partial charge in [-0.1, -0.05) is 53.9 Å². The average Bonchev–Trinajstić information content (AvgIpc) is 3.04. The van der Waals surface area contributed by atoms with Gasteiger partial charge < -0.3 is 5.32 Å². The molecule has 0 radical (unpaired) electrons. The Morgan fingerprint density at radius 3 is 2.58 bits per heavy atom.